The minimum atomic E-state index is 0. The van der Waals surface area contributed by atoms with Gasteiger partial charge in [0, 0.05) is 65.4 Å². The summed E-state index contributed by atoms with van der Waals surface area (Å²) in [7, 11) is 2.07. The fraction of sp³-hybridized carbons (Fsp3) is 0.500. The average molecular weight is 276 g/mol. The van der Waals surface area contributed by atoms with Gasteiger partial charge in [0.15, 0.2) is 0 Å². The van der Waals surface area contributed by atoms with Crippen molar-refractivity contribution in [3.8, 4) is 0 Å². The van der Waals surface area contributed by atoms with Gasteiger partial charge < -0.3 is 25.7 Å². The van der Waals surface area contributed by atoms with E-state index in [4.69, 9.17) is 0 Å². The van der Waals surface area contributed by atoms with Crippen LogP contribution in [0.25, 0.3) is 0 Å². The van der Waals surface area contributed by atoms with E-state index in [-0.39, 0.29) is 72.8 Å². The Balaban J connectivity index is -0.000000120. The summed E-state index contributed by atoms with van der Waals surface area (Å²) in [4.78, 5) is 2.18. The van der Waals surface area contributed by atoms with Crippen molar-refractivity contribution in [1.82, 2.24) is 4.90 Å². The smallest absolute Gasteiger partial charge is 0 e. The van der Waals surface area contributed by atoms with Gasteiger partial charge in [0.2, 0.25) is 0 Å². The van der Waals surface area contributed by atoms with E-state index in [1.807, 2.05) is 0 Å². The second-order valence-electron chi connectivity index (χ2n) is 1.74. The monoisotopic (exact) mass is 276 g/mol. The summed E-state index contributed by atoms with van der Waals surface area (Å²) in [6, 6.07) is 0.491. The molecule has 1 saturated heterocycles. The Morgan fingerprint density at radius 3 is 1.89 bits per heavy atom. The molecule has 0 aromatic carbocycles. The molecule has 1 aliphatic rings. The zero-order chi connectivity index (χ0) is 4.57. The summed E-state index contributed by atoms with van der Waals surface area (Å²) in [5.41, 5.74) is 0. The maximum Gasteiger partial charge on any atom is 0 e. The number of likely N-dealkylation sites (tertiary alicyclic amines) is 1. The summed E-state index contributed by atoms with van der Waals surface area (Å²) < 4.78 is 0. The van der Waals surface area contributed by atoms with Crippen LogP contribution in [-0.2, 0) is 65.4 Å². The molecule has 3 heteroatoms. The normalized spacial score (nSPS) is 24.0. The first-order chi connectivity index (χ1) is 2.80. The van der Waals surface area contributed by atoms with Crippen LogP contribution in [0, 0.1) is 20.8 Å². The molecule has 1 nitrogen and oxygen atoms in total. The minimum Gasteiger partial charge on any atom is -0.391 e. The molecule has 0 N–H and O–H groups in total. The van der Waals surface area contributed by atoms with Crippen LogP contribution in [0.4, 0.5) is 0 Å². The molecule has 0 spiro atoms. The first kappa shape index (κ1) is 17.3. The SMILES string of the molecule is [CH2-]C1[CH-]CN1C.[CH3-].[Y].[Y]. The van der Waals surface area contributed by atoms with Crippen LogP contribution in [0.1, 0.15) is 0 Å². The molecule has 2 radical (unpaired) electrons. The molecule has 1 rings (SSSR count). The van der Waals surface area contributed by atoms with E-state index in [0.29, 0.717) is 6.04 Å². The molecule has 1 fully saturated rings. The topological polar surface area (TPSA) is 3.24 Å². The Hall–Kier alpha value is 2.17. The van der Waals surface area contributed by atoms with Crippen molar-refractivity contribution in [2.24, 2.45) is 0 Å². The maximum absolute atomic E-state index is 3.80. The van der Waals surface area contributed by atoms with Gasteiger partial charge in [0.1, 0.15) is 0 Å². The maximum atomic E-state index is 3.80. The van der Waals surface area contributed by atoms with Crippen LogP contribution in [0.3, 0.4) is 0 Å². The van der Waals surface area contributed by atoms with Crippen molar-refractivity contribution in [2.75, 3.05) is 13.6 Å². The van der Waals surface area contributed by atoms with Crippen LogP contribution < -0.4 is 0 Å². The Kier molecular flexibility index (Phi) is 15.9. The Morgan fingerprint density at radius 1 is 1.56 bits per heavy atom. The van der Waals surface area contributed by atoms with Gasteiger partial charge in [0.05, 0.1) is 0 Å². The van der Waals surface area contributed by atoms with E-state index in [1.54, 1.807) is 0 Å². The van der Waals surface area contributed by atoms with Crippen molar-refractivity contribution in [3.05, 3.63) is 20.8 Å². The largest absolute Gasteiger partial charge is 0.391 e. The molecule has 0 bridgehead atoms. The molecule has 0 aliphatic carbocycles. The fourth-order valence-corrected chi connectivity index (χ4v) is 0.465. The summed E-state index contributed by atoms with van der Waals surface area (Å²) in [5.74, 6) is 0. The van der Waals surface area contributed by atoms with Gasteiger partial charge in [-0.25, -0.2) is 6.04 Å². The van der Waals surface area contributed by atoms with Crippen molar-refractivity contribution >= 4 is 0 Å². The molecular weight excluding hydrogens is 264 g/mol. The van der Waals surface area contributed by atoms with Crippen LogP contribution in [0.5, 0.6) is 0 Å². The van der Waals surface area contributed by atoms with Crippen LogP contribution in [-0.4, -0.2) is 24.5 Å². The van der Waals surface area contributed by atoms with Crippen molar-refractivity contribution in [1.29, 1.82) is 0 Å². The molecule has 50 valence electrons. The number of hydrogen-bond acceptors (Lipinski definition) is 1. The molecule has 0 saturated carbocycles. The Morgan fingerprint density at radius 2 is 1.89 bits per heavy atom. The van der Waals surface area contributed by atoms with Crippen molar-refractivity contribution < 1.29 is 65.4 Å². The van der Waals surface area contributed by atoms with E-state index in [9.17, 15) is 0 Å². The van der Waals surface area contributed by atoms with E-state index in [2.05, 4.69) is 25.3 Å². The van der Waals surface area contributed by atoms with Gasteiger partial charge in [-0.05, 0) is 7.05 Å². The van der Waals surface area contributed by atoms with Crippen molar-refractivity contribution in [2.45, 2.75) is 6.04 Å². The van der Waals surface area contributed by atoms with Gasteiger partial charge in [0.25, 0.3) is 0 Å². The molecule has 0 aromatic rings. The van der Waals surface area contributed by atoms with Gasteiger partial charge in [-0.3, -0.25) is 0 Å². The third kappa shape index (κ3) is 5.44. The molecule has 1 heterocycles. The van der Waals surface area contributed by atoms with Crippen molar-refractivity contribution in [3.63, 3.8) is 0 Å². The Bertz CT molecular complexity index is 51.0. The second kappa shape index (κ2) is 8.27. The first-order valence-electron chi connectivity index (χ1n) is 2.17. The van der Waals surface area contributed by atoms with Gasteiger partial charge in [-0.2, -0.15) is 0 Å². The number of nitrogens with zero attached hydrogens (tertiary/aromatic N) is 1. The molecule has 9 heavy (non-hydrogen) atoms. The molecule has 1 unspecified atom stereocenters. The fourth-order valence-electron chi connectivity index (χ4n) is 0.465. The summed E-state index contributed by atoms with van der Waals surface area (Å²) in [6.07, 6.45) is 2.18. The van der Waals surface area contributed by atoms with Crippen LogP contribution >= 0.6 is 0 Å². The number of rotatable bonds is 0. The average Bonchev–Trinajstić information content (AvgIpc) is 1.61. The zero-order valence-corrected chi connectivity index (χ0v) is 11.8. The van der Waals surface area contributed by atoms with E-state index >= 15 is 0 Å². The standard InChI is InChI=1S/C5H9N.CH3.2Y/c1-5-3-4-6(5)2;;;/h3,5H,1,4H2,2H3;1H3;;/q-2;-1;;. The molecule has 1 atom stereocenters. The zero-order valence-electron chi connectivity index (χ0n) is 6.17. The van der Waals surface area contributed by atoms with E-state index < -0.39 is 0 Å². The third-order valence-electron chi connectivity index (χ3n) is 1.23. The first-order valence-corrected chi connectivity index (χ1v) is 2.17. The predicted molar refractivity (Wildman–Crippen MR) is 32.5 cm³/mol. The third-order valence-corrected chi connectivity index (χ3v) is 1.23. The predicted octanol–water partition coefficient (Wildman–Crippen LogP) is 0.784. The minimum absolute atomic E-state index is 0. The van der Waals surface area contributed by atoms with Gasteiger partial charge in [-0.1, -0.05) is 0 Å². The molecule has 0 amide bonds. The molecular formula is C6H12NY2-3. The molecule has 1 aliphatic heterocycles. The van der Waals surface area contributed by atoms with E-state index in [1.165, 1.54) is 0 Å². The second-order valence-corrected chi connectivity index (χ2v) is 1.74. The summed E-state index contributed by atoms with van der Waals surface area (Å²) >= 11 is 0. The van der Waals surface area contributed by atoms with Crippen LogP contribution in [0.15, 0.2) is 0 Å². The summed E-state index contributed by atoms with van der Waals surface area (Å²) in [5, 5.41) is 0. The quantitative estimate of drug-likeness (QED) is 0.591. The molecule has 0 aromatic heterocycles. The number of hydrogen-bond donors (Lipinski definition) is 0. The van der Waals surface area contributed by atoms with E-state index in [0.717, 1.165) is 6.54 Å². The Labute approximate surface area is 109 Å². The van der Waals surface area contributed by atoms with Crippen LogP contribution in [0.2, 0.25) is 0 Å². The summed E-state index contributed by atoms with van der Waals surface area (Å²) in [6.45, 7) is 4.91. The van der Waals surface area contributed by atoms with Gasteiger partial charge >= 0.3 is 0 Å². The van der Waals surface area contributed by atoms with Gasteiger partial charge in [-0.15, -0.1) is 6.54 Å².